The normalized spacial score (nSPS) is 22.0. The molecule has 0 saturated carbocycles. The predicted molar refractivity (Wildman–Crippen MR) is 86.5 cm³/mol. The van der Waals surface area contributed by atoms with Gasteiger partial charge in [0.1, 0.15) is 0 Å². The summed E-state index contributed by atoms with van der Waals surface area (Å²) >= 11 is 7.37. The van der Waals surface area contributed by atoms with Gasteiger partial charge in [-0.1, -0.05) is 0 Å². The van der Waals surface area contributed by atoms with Gasteiger partial charge in [0.25, 0.3) is 0 Å². The Hall–Kier alpha value is 0.450. The lowest BCUT2D eigenvalue weighted by atomic mass is 10.0. The molecular formula is C13H21BrN2S2. The topological polar surface area (TPSA) is 29.3 Å². The first-order valence-corrected chi connectivity index (χ1v) is 9.29. The SMILES string of the molecule is CSC1CCN(C(c2ccc(Br)s2)C(C)N)CC1. The highest BCUT2D eigenvalue weighted by Crippen LogP contribution is 2.35. The summed E-state index contributed by atoms with van der Waals surface area (Å²) in [7, 11) is 0. The summed E-state index contributed by atoms with van der Waals surface area (Å²) in [5.41, 5.74) is 6.22. The molecular weight excluding hydrogens is 328 g/mol. The molecule has 5 heteroatoms. The number of likely N-dealkylation sites (tertiary alicyclic amines) is 1. The van der Waals surface area contributed by atoms with Gasteiger partial charge in [-0.05, 0) is 67.2 Å². The van der Waals surface area contributed by atoms with Crippen LogP contribution in [0.3, 0.4) is 0 Å². The zero-order valence-electron chi connectivity index (χ0n) is 10.9. The van der Waals surface area contributed by atoms with E-state index in [1.54, 1.807) is 0 Å². The van der Waals surface area contributed by atoms with Gasteiger partial charge >= 0.3 is 0 Å². The summed E-state index contributed by atoms with van der Waals surface area (Å²) < 4.78 is 1.20. The van der Waals surface area contributed by atoms with Gasteiger partial charge in [-0.3, -0.25) is 4.90 Å². The van der Waals surface area contributed by atoms with E-state index in [0.29, 0.717) is 6.04 Å². The molecule has 0 amide bonds. The Morgan fingerprint density at radius 3 is 2.56 bits per heavy atom. The van der Waals surface area contributed by atoms with Crippen molar-refractivity contribution in [3.63, 3.8) is 0 Å². The molecule has 0 spiro atoms. The van der Waals surface area contributed by atoms with Crippen LogP contribution < -0.4 is 5.73 Å². The molecule has 1 aliphatic rings. The minimum absolute atomic E-state index is 0.182. The molecule has 2 atom stereocenters. The highest BCUT2D eigenvalue weighted by molar-refractivity contribution is 9.11. The van der Waals surface area contributed by atoms with Crippen LogP contribution in [-0.4, -0.2) is 35.5 Å². The van der Waals surface area contributed by atoms with Crippen molar-refractivity contribution in [1.82, 2.24) is 4.90 Å². The van der Waals surface area contributed by atoms with Crippen molar-refractivity contribution in [2.45, 2.75) is 37.1 Å². The van der Waals surface area contributed by atoms with E-state index in [-0.39, 0.29) is 6.04 Å². The fourth-order valence-corrected chi connectivity index (χ4v) is 5.01. The third-order valence-electron chi connectivity index (χ3n) is 3.59. The van der Waals surface area contributed by atoms with Crippen molar-refractivity contribution in [2.75, 3.05) is 19.3 Å². The molecule has 102 valence electrons. The second-order valence-electron chi connectivity index (χ2n) is 4.92. The number of hydrogen-bond donors (Lipinski definition) is 1. The minimum Gasteiger partial charge on any atom is -0.326 e. The van der Waals surface area contributed by atoms with Gasteiger partial charge in [-0.15, -0.1) is 11.3 Å². The van der Waals surface area contributed by atoms with E-state index in [0.717, 1.165) is 5.25 Å². The Balaban J connectivity index is 2.07. The van der Waals surface area contributed by atoms with Crippen LogP contribution >= 0.6 is 39.0 Å². The number of nitrogens with two attached hydrogens (primary N) is 1. The zero-order chi connectivity index (χ0) is 13.1. The van der Waals surface area contributed by atoms with Gasteiger partial charge < -0.3 is 5.73 Å². The lowest BCUT2D eigenvalue weighted by Gasteiger charge is -2.38. The highest BCUT2D eigenvalue weighted by atomic mass is 79.9. The average molecular weight is 349 g/mol. The number of nitrogens with zero attached hydrogens (tertiary/aromatic N) is 1. The number of hydrogen-bond acceptors (Lipinski definition) is 4. The number of piperidine rings is 1. The first-order chi connectivity index (χ1) is 8.61. The average Bonchev–Trinajstić information content (AvgIpc) is 2.76. The zero-order valence-corrected chi connectivity index (χ0v) is 14.2. The Bertz CT molecular complexity index is 373. The van der Waals surface area contributed by atoms with Crippen LogP contribution in [0.5, 0.6) is 0 Å². The minimum atomic E-state index is 0.182. The molecule has 0 radical (unpaired) electrons. The van der Waals surface area contributed by atoms with Crippen molar-refractivity contribution in [2.24, 2.45) is 5.73 Å². The quantitative estimate of drug-likeness (QED) is 0.898. The maximum absolute atomic E-state index is 6.22. The van der Waals surface area contributed by atoms with Gasteiger partial charge in [0, 0.05) is 16.2 Å². The number of rotatable bonds is 4. The molecule has 0 aliphatic carbocycles. The first kappa shape index (κ1) is 14.9. The van der Waals surface area contributed by atoms with E-state index in [1.807, 2.05) is 23.1 Å². The van der Waals surface area contributed by atoms with Crippen LogP contribution in [0.15, 0.2) is 15.9 Å². The molecule has 1 aromatic heterocycles. The van der Waals surface area contributed by atoms with E-state index in [2.05, 4.69) is 46.1 Å². The standard InChI is InChI=1S/C13H21BrN2S2/c1-9(15)13(11-3-4-12(14)18-11)16-7-5-10(17-2)6-8-16/h3-4,9-10,13H,5-8,15H2,1-2H3. The van der Waals surface area contributed by atoms with E-state index in [4.69, 9.17) is 5.73 Å². The summed E-state index contributed by atoms with van der Waals surface area (Å²) in [6.45, 7) is 4.47. The smallest absolute Gasteiger partial charge is 0.0702 e. The van der Waals surface area contributed by atoms with Crippen molar-refractivity contribution in [3.8, 4) is 0 Å². The Labute approximate surface area is 126 Å². The number of thiophene rings is 1. The lowest BCUT2D eigenvalue weighted by Crippen LogP contribution is -2.43. The monoisotopic (exact) mass is 348 g/mol. The van der Waals surface area contributed by atoms with Gasteiger partial charge in [0.05, 0.1) is 9.83 Å². The van der Waals surface area contributed by atoms with Crippen LogP contribution in [0, 0.1) is 0 Å². The summed E-state index contributed by atoms with van der Waals surface area (Å²) in [5.74, 6) is 0. The third kappa shape index (κ3) is 3.51. The molecule has 0 aromatic carbocycles. The maximum Gasteiger partial charge on any atom is 0.0702 e. The molecule has 2 nitrogen and oxygen atoms in total. The number of thioether (sulfide) groups is 1. The second kappa shape index (κ2) is 6.75. The molecule has 2 unspecified atom stereocenters. The molecule has 2 N–H and O–H groups in total. The Kier molecular flexibility index (Phi) is 5.57. The third-order valence-corrected chi connectivity index (χ3v) is 6.42. The van der Waals surface area contributed by atoms with Crippen LogP contribution in [-0.2, 0) is 0 Å². The summed E-state index contributed by atoms with van der Waals surface area (Å²) in [4.78, 5) is 3.95. The fourth-order valence-electron chi connectivity index (χ4n) is 2.65. The largest absolute Gasteiger partial charge is 0.326 e. The number of halogens is 1. The van der Waals surface area contributed by atoms with Gasteiger partial charge in [-0.25, -0.2) is 0 Å². The second-order valence-corrected chi connectivity index (χ2v) is 8.55. The van der Waals surface area contributed by atoms with Crippen LogP contribution in [0.2, 0.25) is 0 Å². The summed E-state index contributed by atoms with van der Waals surface area (Å²) in [6.07, 6.45) is 4.80. The first-order valence-electron chi connectivity index (χ1n) is 6.39. The molecule has 2 rings (SSSR count). The van der Waals surface area contributed by atoms with Crippen LogP contribution in [0.25, 0.3) is 0 Å². The molecule has 1 aliphatic heterocycles. The maximum atomic E-state index is 6.22. The summed E-state index contributed by atoms with van der Waals surface area (Å²) in [5, 5.41) is 0.838. The van der Waals surface area contributed by atoms with Gasteiger partial charge in [-0.2, -0.15) is 11.8 Å². The van der Waals surface area contributed by atoms with E-state index in [9.17, 15) is 0 Å². The van der Waals surface area contributed by atoms with E-state index in [1.165, 1.54) is 34.6 Å². The molecule has 1 saturated heterocycles. The van der Waals surface area contributed by atoms with Crippen molar-refractivity contribution >= 4 is 39.0 Å². The molecule has 1 aromatic rings. The Morgan fingerprint density at radius 2 is 2.11 bits per heavy atom. The summed E-state index contributed by atoms with van der Waals surface area (Å²) in [6, 6.07) is 4.90. The molecule has 18 heavy (non-hydrogen) atoms. The van der Waals surface area contributed by atoms with E-state index >= 15 is 0 Å². The van der Waals surface area contributed by atoms with Crippen LogP contribution in [0.4, 0.5) is 0 Å². The van der Waals surface area contributed by atoms with E-state index < -0.39 is 0 Å². The Morgan fingerprint density at radius 1 is 1.44 bits per heavy atom. The van der Waals surface area contributed by atoms with Crippen molar-refractivity contribution in [1.29, 1.82) is 0 Å². The highest BCUT2D eigenvalue weighted by Gasteiger charge is 2.29. The molecule has 0 bridgehead atoms. The van der Waals surface area contributed by atoms with Gasteiger partial charge in [0.2, 0.25) is 0 Å². The lowest BCUT2D eigenvalue weighted by molar-refractivity contribution is 0.151. The molecule has 2 heterocycles. The fraction of sp³-hybridized carbons (Fsp3) is 0.692. The predicted octanol–water partition coefficient (Wildman–Crippen LogP) is 3.73. The molecule has 1 fully saturated rings. The van der Waals surface area contributed by atoms with Crippen LogP contribution in [0.1, 0.15) is 30.7 Å². The van der Waals surface area contributed by atoms with Gasteiger partial charge in [0.15, 0.2) is 0 Å². The van der Waals surface area contributed by atoms with Crippen molar-refractivity contribution < 1.29 is 0 Å². The van der Waals surface area contributed by atoms with Crippen molar-refractivity contribution in [3.05, 3.63) is 20.8 Å².